The Morgan fingerprint density at radius 3 is 1.70 bits per heavy atom. The zero-order valence-electron chi connectivity index (χ0n) is 22.1. The van der Waals surface area contributed by atoms with Crippen LogP contribution >= 0.6 is 42.9 Å². The van der Waals surface area contributed by atoms with Gasteiger partial charge in [0, 0.05) is 19.6 Å². The van der Waals surface area contributed by atoms with Crippen LogP contribution in [-0.2, 0) is 0 Å². The van der Waals surface area contributed by atoms with E-state index in [2.05, 4.69) is 0 Å². The average Bonchev–Trinajstić information content (AvgIpc) is 2.94. The number of halogens is 9. The van der Waals surface area contributed by atoms with Gasteiger partial charge in [0.15, 0.2) is 0 Å². The molecule has 0 amide bonds. The Bertz CT molecular complexity index is 1770. The largest absolute Gasteiger partial charge is 0.356 e. The Hall–Kier alpha value is -3.37. The van der Waals surface area contributed by atoms with Crippen LogP contribution in [0.4, 0.5) is 34.0 Å². The third-order valence-electron chi connectivity index (χ3n) is 5.64. The van der Waals surface area contributed by atoms with Crippen LogP contribution in [0.15, 0.2) is 135 Å². The summed E-state index contributed by atoms with van der Waals surface area (Å²) in [6.45, 7) is 0. The molecule has 0 aliphatic rings. The molecule has 0 atom stereocenters. The number of carbonyl (C=O) groups excluding carboxylic acids is 1. The third kappa shape index (κ3) is 10.7. The molecule has 0 unspecified atom stereocenters. The minimum atomic E-state index is -10.7. The fourth-order valence-electron chi connectivity index (χ4n) is 3.84. The normalized spacial score (nSPS) is 12.8. The molecule has 1 nitrogen and oxygen atoms in total. The Kier molecular flexibility index (Phi) is 9.57. The van der Waals surface area contributed by atoms with E-state index in [1.807, 2.05) is 66.7 Å². The van der Waals surface area contributed by atoms with Crippen molar-refractivity contribution in [3.8, 4) is 11.1 Å². The van der Waals surface area contributed by atoms with Crippen LogP contribution in [0.5, 0.6) is 0 Å². The van der Waals surface area contributed by atoms with Gasteiger partial charge >= 0.3 is 38.8 Å². The first-order chi connectivity index (χ1) is 20.4. The van der Waals surface area contributed by atoms with E-state index >= 15 is 0 Å². The summed E-state index contributed by atoms with van der Waals surface area (Å²) in [5.41, 5.74) is 2.88. The standard InChI is InChI=1S/C31H19ClF2OS2.F6P/c32-27-7-4-8-29(30(27)31(35)21-5-2-1-3-6-21)37-24-14-9-20(10-15-24)26-19-23(34)13-18-28(26)36-25-16-11-22(33)12-17-25;1-7(2,3,4,5)6/h1-19H;/q;-1/p+1. The van der Waals surface area contributed by atoms with E-state index in [1.54, 1.807) is 24.3 Å². The Balaban J connectivity index is 0.000000566. The minimum absolute atomic E-state index is 0.118. The Morgan fingerprint density at radius 1 is 0.591 bits per heavy atom. The topological polar surface area (TPSA) is 21.4 Å². The third-order valence-corrected chi connectivity index (χ3v) is 8.10. The van der Waals surface area contributed by atoms with Crippen LogP contribution in [0.3, 0.4) is 0 Å². The molecule has 13 heteroatoms. The van der Waals surface area contributed by atoms with Gasteiger partial charge in [0.1, 0.15) is 17.2 Å². The van der Waals surface area contributed by atoms with E-state index in [0.29, 0.717) is 16.1 Å². The van der Waals surface area contributed by atoms with Gasteiger partial charge in [0.2, 0.25) is 0 Å². The predicted molar refractivity (Wildman–Crippen MR) is 163 cm³/mol. The number of rotatable bonds is 7. The fourth-order valence-corrected chi connectivity index (χ4v) is 6.09. The summed E-state index contributed by atoms with van der Waals surface area (Å²) >= 11 is 9.44. The van der Waals surface area contributed by atoms with Crippen LogP contribution in [0.2, 0.25) is 5.02 Å². The van der Waals surface area contributed by atoms with Crippen LogP contribution in [0.25, 0.3) is 11.1 Å². The molecule has 5 aromatic rings. The van der Waals surface area contributed by atoms with E-state index in [4.69, 9.17) is 11.6 Å². The van der Waals surface area contributed by atoms with Crippen LogP contribution < -0.4 is 0 Å². The summed E-state index contributed by atoms with van der Waals surface area (Å²) in [7, 11) is -10.7. The molecule has 0 aliphatic carbocycles. The van der Waals surface area contributed by atoms with Gasteiger partial charge in [-0.2, -0.15) is 0 Å². The maximum Gasteiger partial charge on any atom is 0.356 e. The maximum atomic E-state index is 14.2. The van der Waals surface area contributed by atoms with Gasteiger partial charge in [-0.15, -0.1) is 0 Å². The maximum absolute atomic E-state index is 14.2. The van der Waals surface area contributed by atoms with Crippen molar-refractivity contribution in [3.63, 3.8) is 0 Å². The molecule has 0 aliphatic heterocycles. The molecule has 0 radical (unpaired) electrons. The minimum Gasteiger partial charge on any atom is -0.273 e. The first kappa shape index (κ1) is 33.5. The van der Waals surface area contributed by atoms with E-state index < -0.39 is 7.81 Å². The zero-order chi connectivity index (χ0) is 32.2. The quantitative estimate of drug-likeness (QED) is 0.0734. The van der Waals surface area contributed by atoms with Crippen LogP contribution in [0, 0.1) is 11.6 Å². The van der Waals surface area contributed by atoms with Crippen molar-refractivity contribution in [2.24, 2.45) is 0 Å². The molecule has 44 heavy (non-hydrogen) atoms. The molecule has 0 fully saturated rings. The Morgan fingerprint density at radius 2 is 1.11 bits per heavy atom. The molecule has 0 saturated heterocycles. The van der Waals surface area contributed by atoms with Gasteiger partial charge in [-0.3, -0.25) is 4.79 Å². The second-order valence-corrected chi connectivity index (χ2v) is 13.7. The second kappa shape index (κ2) is 12.6. The van der Waals surface area contributed by atoms with Crippen molar-refractivity contribution in [1.82, 2.24) is 0 Å². The van der Waals surface area contributed by atoms with Crippen LogP contribution in [-0.4, -0.2) is 10.6 Å². The van der Waals surface area contributed by atoms with Crippen molar-refractivity contribution in [3.05, 3.63) is 143 Å². The Labute approximate surface area is 260 Å². The smallest absolute Gasteiger partial charge is 0.273 e. The number of hydrogen-bond acceptors (Lipinski definition) is 2. The molecule has 0 bridgehead atoms. The van der Waals surface area contributed by atoms with Crippen molar-refractivity contribution < 1.29 is 38.8 Å². The molecule has 0 saturated carbocycles. The molecular formula is C31H20ClF8OPS2. The number of hydrogen-bond donors (Lipinski definition) is 0. The summed E-state index contributed by atoms with van der Waals surface area (Å²) < 4.78 is 86.7. The van der Waals surface area contributed by atoms with E-state index in [9.17, 15) is 38.8 Å². The molecule has 0 heterocycles. The molecule has 0 aromatic heterocycles. The van der Waals surface area contributed by atoms with Crippen LogP contribution in [0.1, 0.15) is 11.1 Å². The average molecular weight is 691 g/mol. The molecule has 1 N–H and O–H groups in total. The van der Waals surface area contributed by atoms with E-state index in [0.717, 1.165) is 30.7 Å². The van der Waals surface area contributed by atoms with Gasteiger partial charge in [-0.1, -0.05) is 71.5 Å². The van der Waals surface area contributed by atoms with Crippen molar-refractivity contribution in [2.45, 2.75) is 19.6 Å². The van der Waals surface area contributed by atoms with Gasteiger partial charge < -0.3 is 0 Å². The molecule has 5 aromatic carbocycles. The van der Waals surface area contributed by atoms with Gasteiger partial charge in [0.05, 0.1) is 10.6 Å². The fraction of sp³-hybridized carbons (Fsp3) is 0. The van der Waals surface area contributed by atoms with Gasteiger partial charge in [-0.05, 0) is 90.0 Å². The van der Waals surface area contributed by atoms with Crippen molar-refractivity contribution in [1.29, 1.82) is 0 Å². The number of ketones is 1. The summed E-state index contributed by atoms with van der Waals surface area (Å²) in [5.74, 6) is -0.505. The molecular weight excluding hydrogens is 671 g/mol. The van der Waals surface area contributed by atoms with Gasteiger partial charge in [0.25, 0.3) is 0 Å². The number of benzene rings is 5. The predicted octanol–water partition coefficient (Wildman–Crippen LogP) is 12.9. The first-order valence-electron chi connectivity index (χ1n) is 12.4. The second-order valence-electron chi connectivity index (χ2n) is 9.11. The molecule has 230 valence electrons. The summed E-state index contributed by atoms with van der Waals surface area (Å²) in [4.78, 5) is 14.5. The van der Waals surface area contributed by atoms with Crippen molar-refractivity contribution >= 4 is 48.7 Å². The molecule has 5 rings (SSSR count). The molecule has 0 spiro atoms. The first-order valence-corrected chi connectivity index (χ1v) is 16.4. The monoisotopic (exact) mass is 690 g/mol. The van der Waals surface area contributed by atoms with Gasteiger partial charge in [-0.25, -0.2) is 8.78 Å². The van der Waals surface area contributed by atoms with E-state index in [1.165, 1.54) is 47.8 Å². The van der Waals surface area contributed by atoms with Crippen molar-refractivity contribution in [2.75, 3.05) is 0 Å². The summed E-state index contributed by atoms with van der Waals surface area (Å²) in [6, 6.07) is 33.5. The van der Waals surface area contributed by atoms with E-state index in [-0.39, 0.29) is 17.4 Å². The SMILES string of the molecule is F[P-](F)(F)(F)(F)F.[OH+]=C(c1ccccc1)c1c(Cl)cccc1Sc1ccc(-c2cc(F)ccc2Sc2ccc(F)cc2)cc1. The summed E-state index contributed by atoms with van der Waals surface area (Å²) in [5, 5.41) is 0.463. The summed E-state index contributed by atoms with van der Waals surface area (Å²) in [6.07, 6.45) is 0. The zero-order valence-corrected chi connectivity index (χ0v) is 25.4.